The zero-order valence-electron chi connectivity index (χ0n) is 18.1. The van der Waals surface area contributed by atoms with Crippen molar-refractivity contribution in [3.63, 3.8) is 0 Å². The van der Waals surface area contributed by atoms with E-state index in [0.717, 1.165) is 0 Å². The third-order valence-electron chi connectivity index (χ3n) is 3.67. The number of aliphatic hydroxyl groups is 1. The van der Waals surface area contributed by atoms with Gasteiger partial charge < -0.3 is 63.8 Å². The fourth-order valence-electron chi connectivity index (χ4n) is 2.83. The van der Waals surface area contributed by atoms with Crippen LogP contribution in [0.15, 0.2) is 0 Å². The Morgan fingerprint density at radius 1 is 0.350 bits per heavy atom. The van der Waals surface area contributed by atoms with Gasteiger partial charge in [-0.15, -0.1) is 0 Å². The molecule has 27 nitrogen and oxygen atoms in total. The Hall–Kier alpha value is 0.810. The standard InChI is InChI=1S/C6H19O27P7/c7-1-2(27-34(8,9)10)4(30-39(23,24)32-37(17,18)19)6(29-36(14,15)16)5(3(1)28-35(11,12)13)31-40(25,26)33-38(20,21)22/h1-7H,(H,23,24)(H,25,26)(H2,8,9,10)(H2,11,12,13)(H2,14,15,16)(H2,17,18,19)(H2,20,21,22)/t1?,2-,3-,4-,5+,6?/m1/s1. The van der Waals surface area contributed by atoms with Crippen LogP contribution in [0.5, 0.6) is 0 Å². The number of phosphoric ester groups is 5. The first-order valence-corrected chi connectivity index (χ1v) is 19.4. The van der Waals surface area contributed by atoms with E-state index in [1.807, 2.05) is 0 Å². The number of hydrogen-bond acceptors (Lipinski definition) is 15. The maximum absolute atomic E-state index is 12.1. The van der Waals surface area contributed by atoms with Crippen LogP contribution in [0.1, 0.15) is 0 Å². The molecular formula is C6H19O27P7. The lowest BCUT2D eigenvalue weighted by Crippen LogP contribution is -2.66. The molecule has 0 aliphatic heterocycles. The van der Waals surface area contributed by atoms with Crippen molar-refractivity contribution in [1.29, 1.82) is 0 Å². The molecule has 0 radical (unpaired) electrons. The summed E-state index contributed by atoms with van der Waals surface area (Å²) in [6, 6.07) is 0. The smallest absolute Gasteiger partial charge is 0.387 e. The van der Waals surface area contributed by atoms with Gasteiger partial charge in [-0.2, -0.15) is 8.62 Å². The summed E-state index contributed by atoms with van der Waals surface area (Å²) >= 11 is 0. The molecule has 1 rings (SSSR count). The van der Waals surface area contributed by atoms with E-state index in [2.05, 4.69) is 31.2 Å². The Balaban J connectivity index is 3.95. The molecule has 0 aromatic carbocycles. The highest BCUT2D eigenvalue weighted by Crippen LogP contribution is 2.63. The van der Waals surface area contributed by atoms with Crippen LogP contribution in [-0.2, 0) is 63.2 Å². The first kappa shape index (κ1) is 38.8. The van der Waals surface area contributed by atoms with Crippen molar-refractivity contribution in [2.75, 3.05) is 0 Å². The van der Waals surface area contributed by atoms with Crippen LogP contribution in [0.25, 0.3) is 0 Å². The van der Waals surface area contributed by atoms with E-state index in [1.54, 1.807) is 0 Å². The lowest BCUT2D eigenvalue weighted by molar-refractivity contribution is -0.205. The van der Waals surface area contributed by atoms with E-state index in [0.29, 0.717) is 0 Å². The predicted molar refractivity (Wildman–Crippen MR) is 112 cm³/mol. The Morgan fingerprint density at radius 3 is 0.800 bits per heavy atom. The van der Waals surface area contributed by atoms with Gasteiger partial charge in [0.25, 0.3) is 0 Å². The molecule has 240 valence electrons. The monoisotopic (exact) mass is 740 g/mol. The minimum absolute atomic E-state index is 3.17. The highest BCUT2D eigenvalue weighted by molar-refractivity contribution is 7.61. The first-order chi connectivity index (χ1) is 17.3. The number of aliphatic hydroxyl groups excluding tert-OH is 1. The van der Waals surface area contributed by atoms with Gasteiger partial charge in [0, 0.05) is 0 Å². The molecule has 0 aromatic heterocycles. The van der Waals surface area contributed by atoms with Crippen LogP contribution in [0.4, 0.5) is 0 Å². The quantitative estimate of drug-likeness (QED) is 0.0788. The molecule has 1 saturated carbocycles. The summed E-state index contributed by atoms with van der Waals surface area (Å²) in [5.41, 5.74) is 0. The van der Waals surface area contributed by atoms with Gasteiger partial charge in [0.2, 0.25) is 0 Å². The van der Waals surface area contributed by atoms with Crippen molar-refractivity contribution < 1.29 is 127 Å². The molecule has 1 fully saturated rings. The van der Waals surface area contributed by atoms with Crippen molar-refractivity contribution >= 4 is 54.8 Å². The maximum atomic E-state index is 12.1. The normalized spacial score (nSPS) is 30.4. The lowest BCUT2D eigenvalue weighted by atomic mass is 9.85. The highest BCUT2D eigenvalue weighted by Gasteiger charge is 2.61. The molecule has 4 unspecified atom stereocenters. The fourth-order valence-corrected chi connectivity index (χ4v) is 8.07. The Morgan fingerprint density at radius 2 is 0.575 bits per heavy atom. The van der Waals surface area contributed by atoms with Crippen molar-refractivity contribution in [3.8, 4) is 0 Å². The third-order valence-corrected chi connectivity index (χ3v) is 9.60. The molecule has 0 heterocycles. The van der Waals surface area contributed by atoms with E-state index in [9.17, 15) is 56.6 Å². The van der Waals surface area contributed by atoms with E-state index >= 15 is 0 Å². The Kier molecular flexibility index (Phi) is 12.7. The van der Waals surface area contributed by atoms with Crippen LogP contribution < -0.4 is 0 Å². The summed E-state index contributed by atoms with van der Waals surface area (Å²) in [6.07, 6.45) is -19.5. The minimum atomic E-state index is -6.36. The summed E-state index contributed by atoms with van der Waals surface area (Å²) in [5.74, 6) is 0. The van der Waals surface area contributed by atoms with E-state index < -0.39 is 91.4 Å². The molecule has 40 heavy (non-hydrogen) atoms. The van der Waals surface area contributed by atoms with Gasteiger partial charge in [-0.25, -0.2) is 32.0 Å². The van der Waals surface area contributed by atoms with Crippen LogP contribution in [0, 0.1) is 0 Å². The van der Waals surface area contributed by atoms with Gasteiger partial charge in [-0.05, 0) is 0 Å². The highest BCUT2D eigenvalue weighted by atomic mass is 31.3. The Bertz CT molecular complexity index is 1140. The zero-order chi connectivity index (χ0) is 31.9. The summed E-state index contributed by atoms with van der Waals surface area (Å²) in [5, 5.41) is 10.5. The second-order valence-electron chi connectivity index (χ2n) is 6.89. The summed E-state index contributed by atoms with van der Waals surface area (Å²) in [6.45, 7) is 0. The maximum Gasteiger partial charge on any atom is 0.481 e. The van der Waals surface area contributed by atoms with Crippen molar-refractivity contribution in [2.45, 2.75) is 36.6 Å². The molecule has 0 bridgehead atoms. The molecule has 0 amide bonds. The van der Waals surface area contributed by atoms with Crippen molar-refractivity contribution in [2.24, 2.45) is 0 Å². The molecule has 13 N–H and O–H groups in total. The van der Waals surface area contributed by atoms with Crippen molar-refractivity contribution in [1.82, 2.24) is 0 Å². The zero-order valence-corrected chi connectivity index (χ0v) is 24.4. The van der Waals surface area contributed by atoms with E-state index in [-0.39, 0.29) is 0 Å². The van der Waals surface area contributed by atoms with E-state index in [4.69, 9.17) is 39.1 Å². The lowest BCUT2D eigenvalue weighted by Gasteiger charge is -2.47. The number of rotatable bonds is 14. The predicted octanol–water partition coefficient (Wildman–Crippen LogP) is -3.02. The molecule has 8 atom stereocenters. The molecule has 0 saturated heterocycles. The second kappa shape index (κ2) is 13.0. The van der Waals surface area contributed by atoms with Crippen molar-refractivity contribution in [3.05, 3.63) is 0 Å². The van der Waals surface area contributed by atoms with Gasteiger partial charge in [0.1, 0.15) is 36.6 Å². The van der Waals surface area contributed by atoms with Crippen LogP contribution >= 0.6 is 54.8 Å². The van der Waals surface area contributed by atoms with Gasteiger partial charge in [0.15, 0.2) is 0 Å². The fraction of sp³-hybridized carbons (Fsp3) is 1.00. The first-order valence-electron chi connectivity index (χ1n) is 8.76. The largest absolute Gasteiger partial charge is 0.481 e. The average Bonchev–Trinajstić information content (AvgIpc) is 2.57. The molecular weight excluding hydrogens is 721 g/mol. The Labute approximate surface area is 219 Å². The van der Waals surface area contributed by atoms with Gasteiger partial charge in [-0.3, -0.25) is 22.6 Å². The van der Waals surface area contributed by atoms with E-state index in [1.165, 1.54) is 0 Å². The van der Waals surface area contributed by atoms with Gasteiger partial charge >= 0.3 is 54.8 Å². The summed E-state index contributed by atoms with van der Waals surface area (Å²) in [4.78, 5) is 109. The summed E-state index contributed by atoms with van der Waals surface area (Å²) in [7, 11) is -43.1. The second-order valence-corrected chi connectivity index (χ2v) is 16.0. The molecule has 1 aliphatic rings. The summed E-state index contributed by atoms with van der Waals surface area (Å²) < 4.78 is 108. The molecule has 1 aliphatic carbocycles. The number of hydrogen-bond donors (Lipinski definition) is 13. The van der Waals surface area contributed by atoms with Crippen LogP contribution in [-0.4, -0.2) is 100 Å². The third kappa shape index (κ3) is 14.5. The average molecular weight is 740 g/mol. The van der Waals surface area contributed by atoms with Gasteiger partial charge in [-0.1, -0.05) is 0 Å². The van der Waals surface area contributed by atoms with Gasteiger partial charge in [0.05, 0.1) is 0 Å². The molecule has 34 heteroatoms. The van der Waals surface area contributed by atoms with Crippen LogP contribution in [0.3, 0.4) is 0 Å². The number of phosphoric acid groups is 7. The molecule has 0 spiro atoms. The minimum Gasteiger partial charge on any atom is -0.387 e. The van der Waals surface area contributed by atoms with Crippen LogP contribution in [0.2, 0.25) is 0 Å². The SMILES string of the molecule is O=P(O)(O)OC1[C@@H](OP(=O)(O)OP(=O)(O)O)[C@H](OP(=O)(O)O)C(O)[C@@H](OP(=O)(O)O)[C@H]1OP(=O)(O)OP(=O)(O)O. The topological polar surface area (TPSA) is 447 Å². The molecule has 0 aromatic rings.